The highest BCUT2D eigenvalue weighted by Crippen LogP contribution is 2.58. The van der Waals surface area contributed by atoms with E-state index in [0.29, 0.717) is 0 Å². The summed E-state index contributed by atoms with van der Waals surface area (Å²) in [5.41, 5.74) is 3.59. The summed E-state index contributed by atoms with van der Waals surface area (Å²) in [6.45, 7) is -0.388. The standard InChI is InChI=1S/C8H12N5O4/c9-5(10)6-11-2-13(12-6)7-8(13,16)4(15)3(1-14)17-7/h2-4,7,14-16H,1H2,(H3,9,10)/q+1/t3-,4+,7-,8+,13?/m1/s1. The second kappa shape index (κ2) is 2.89. The number of fused-ring (bicyclic) bond motifs is 3. The summed E-state index contributed by atoms with van der Waals surface area (Å²) >= 11 is 0. The molecule has 0 aliphatic carbocycles. The number of amidine groups is 2. The number of quaternary nitrogens is 1. The number of rotatable bonds is 2. The average Bonchev–Trinajstić information content (AvgIpc) is 2.65. The Morgan fingerprint density at radius 3 is 2.82 bits per heavy atom. The van der Waals surface area contributed by atoms with Crippen molar-refractivity contribution in [2.45, 2.75) is 24.2 Å². The summed E-state index contributed by atoms with van der Waals surface area (Å²) in [6.07, 6.45) is -1.63. The van der Waals surface area contributed by atoms with E-state index in [0.717, 1.165) is 0 Å². The molecule has 2 saturated heterocycles. The highest BCUT2D eigenvalue weighted by atomic mass is 16.6. The number of aliphatic hydroxyl groups excluding tert-OH is 2. The number of aliphatic imine (C=N–C) groups is 1. The minimum atomic E-state index is -1.64. The van der Waals surface area contributed by atoms with Gasteiger partial charge in [0.15, 0.2) is 11.9 Å². The average molecular weight is 242 g/mol. The third kappa shape index (κ3) is 0.983. The van der Waals surface area contributed by atoms with Gasteiger partial charge < -0.3 is 25.8 Å². The zero-order valence-corrected chi connectivity index (χ0v) is 8.69. The van der Waals surface area contributed by atoms with Crippen LogP contribution in [0.4, 0.5) is 0 Å². The van der Waals surface area contributed by atoms with Gasteiger partial charge in [0.2, 0.25) is 6.34 Å². The molecule has 9 nitrogen and oxygen atoms in total. The first-order valence-electron chi connectivity index (χ1n) is 5.02. The van der Waals surface area contributed by atoms with Crippen molar-refractivity contribution in [2.75, 3.05) is 6.61 Å². The van der Waals surface area contributed by atoms with Crippen LogP contribution in [0.2, 0.25) is 0 Å². The number of nitrogens with zero attached hydrogens (tertiary/aromatic N) is 3. The summed E-state index contributed by atoms with van der Waals surface area (Å²) in [5.74, 6) is -0.331. The third-order valence-electron chi connectivity index (χ3n) is 3.36. The highest BCUT2D eigenvalue weighted by molar-refractivity contribution is 6.40. The van der Waals surface area contributed by atoms with Crippen molar-refractivity contribution in [2.24, 2.45) is 15.8 Å². The molecule has 3 aliphatic heterocycles. The van der Waals surface area contributed by atoms with Crippen LogP contribution >= 0.6 is 0 Å². The van der Waals surface area contributed by atoms with Gasteiger partial charge in [-0.2, -0.15) is 4.99 Å². The molecular formula is C8H12N5O4+. The van der Waals surface area contributed by atoms with E-state index in [9.17, 15) is 10.2 Å². The lowest BCUT2D eigenvalue weighted by Gasteiger charge is -2.19. The first-order valence-corrected chi connectivity index (χ1v) is 5.02. The molecule has 92 valence electrons. The first-order chi connectivity index (χ1) is 7.97. The van der Waals surface area contributed by atoms with Gasteiger partial charge in [-0.1, -0.05) is 4.59 Å². The summed E-state index contributed by atoms with van der Waals surface area (Å²) in [4.78, 5) is 3.80. The van der Waals surface area contributed by atoms with Gasteiger partial charge in [-0.25, -0.2) is 0 Å². The van der Waals surface area contributed by atoms with E-state index in [1.54, 1.807) is 0 Å². The second-order valence-electron chi connectivity index (χ2n) is 4.26. The lowest BCUT2D eigenvalue weighted by Crippen LogP contribution is -2.47. The quantitative estimate of drug-likeness (QED) is 0.150. The van der Waals surface area contributed by atoms with Gasteiger partial charge in [0, 0.05) is 0 Å². The van der Waals surface area contributed by atoms with Crippen LogP contribution in [0.1, 0.15) is 0 Å². The molecule has 0 bridgehead atoms. The molecule has 0 radical (unpaired) electrons. The molecule has 3 rings (SSSR count). The molecule has 3 heterocycles. The van der Waals surface area contributed by atoms with Crippen molar-refractivity contribution >= 4 is 18.0 Å². The molecular weight excluding hydrogens is 230 g/mol. The van der Waals surface area contributed by atoms with Crippen molar-refractivity contribution in [1.82, 2.24) is 0 Å². The molecule has 0 saturated carbocycles. The summed E-state index contributed by atoms with van der Waals surface area (Å²) < 4.78 is 4.85. The summed E-state index contributed by atoms with van der Waals surface area (Å²) in [7, 11) is 0. The Bertz CT molecular complexity index is 465. The molecule has 0 aromatic carbocycles. The SMILES string of the molecule is N=C(N)C1=N[N+]2(C=N1)[C@@H]1O[C@H](CO)[C@H](O)[C@]12O. The molecule has 3 aliphatic rings. The van der Waals surface area contributed by atoms with Crippen LogP contribution in [0.25, 0.3) is 0 Å². The minimum Gasteiger partial charge on any atom is -0.394 e. The van der Waals surface area contributed by atoms with Crippen molar-refractivity contribution in [3.63, 3.8) is 0 Å². The Hall–Kier alpha value is -1.39. The first kappa shape index (κ1) is 10.7. The van der Waals surface area contributed by atoms with Gasteiger partial charge in [0.25, 0.3) is 5.84 Å². The number of nitrogens with two attached hydrogens (primary N) is 1. The molecule has 1 spiro atoms. The van der Waals surface area contributed by atoms with Gasteiger partial charge in [0.1, 0.15) is 6.10 Å². The lowest BCUT2D eigenvalue weighted by atomic mass is 10.1. The number of hydrogen-bond acceptors (Lipinski definition) is 7. The fourth-order valence-electron chi connectivity index (χ4n) is 2.37. The van der Waals surface area contributed by atoms with Crippen LogP contribution in [-0.4, -0.2) is 68.7 Å². The summed E-state index contributed by atoms with van der Waals surface area (Å²) in [6, 6.07) is 0. The minimum absolute atomic E-state index is 0.0100. The molecule has 9 heteroatoms. The maximum atomic E-state index is 10.3. The fraction of sp³-hybridized carbons (Fsp3) is 0.625. The molecule has 0 amide bonds. The summed E-state index contributed by atoms with van der Waals surface area (Å²) in [5, 5.41) is 40.2. The largest absolute Gasteiger partial charge is 0.394 e. The molecule has 6 N–H and O–H groups in total. The van der Waals surface area contributed by atoms with Crippen LogP contribution in [0.3, 0.4) is 0 Å². The fourth-order valence-corrected chi connectivity index (χ4v) is 2.37. The van der Waals surface area contributed by atoms with Crippen molar-refractivity contribution in [3.8, 4) is 0 Å². The van der Waals surface area contributed by atoms with Crippen LogP contribution in [0.15, 0.2) is 10.1 Å². The van der Waals surface area contributed by atoms with Gasteiger partial charge >= 0.3 is 12.0 Å². The van der Waals surface area contributed by atoms with E-state index in [1.807, 2.05) is 0 Å². The van der Waals surface area contributed by atoms with Gasteiger partial charge in [-0.3, -0.25) is 5.41 Å². The van der Waals surface area contributed by atoms with E-state index in [1.165, 1.54) is 6.34 Å². The number of nitrogens with one attached hydrogen (secondary N) is 1. The van der Waals surface area contributed by atoms with Gasteiger partial charge in [0.05, 0.1) is 6.61 Å². The van der Waals surface area contributed by atoms with Crippen molar-refractivity contribution in [3.05, 3.63) is 0 Å². The Balaban J connectivity index is 1.93. The Morgan fingerprint density at radius 2 is 2.41 bits per heavy atom. The molecule has 0 aromatic rings. The zero-order valence-electron chi connectivity index (χ0n) is 8.69. The Morgan fingerprint density at radius 1 is 1.71 bits per heavy atom. The normalized spacial score (nSPS) is 50.5. The van der Waals surface area contributed by atoms with E-state index in [4.69, 9.17) is 21.0 Å². The topological polar surface area (TPSA) is 145 Å². The van der Waals surface area contributed by atoms with E-state index in [-0.39, 0.29) is 18.3 Å². The van der Waals surface area contributed by atoms with Crippen molar-refractivity contribution < 1.29 is 24.6 Å². The molecule has 17 heavy (non-hydrogen) atoms. The smallest absolute Gasteiger partial charge is 0.345 e. The molecule has 5 atom stereocenters. The van der Waals surface area contributed by atoms with Crippen LogP contribution < -0.4 is 5.73 Å². The lowest BCUT2D eigenvalue weighted by molar-refractivity contribution is -0.790. The molecule has 2 fully saturated rings. The Kier molecular flexibility index (Phi) is 1.83. The predicted octanol–water partition coefficient (Wildman–Crippen LogP) is -3.13. The van der Waals surface area contributed by atoms with Gasteiger partial charge in [-0.15, -0.1) is 0 Å². The third-order valence-corrected chi connectivity index (χ3v) is 3.36. The van der Waals surface area contributed by atoms with E-state index in [2.05, 4.69) is 10.1 Å². The zero-order chi connectivity index (χ0) is 12.4. The van der Waals surface area contributed by atoms with Crippen LogP contribution in [0, 0.1) is 5.41 Å². The predicted molar refractivity (Wildman–Crippen MR) is 54.8 cm³/mol. The maximum Gasteiger partial charge on any atom is 0.345 e. The second-order valence-corrected chi connectivity index (χ2v) is 4.26. The van der Waals surface area contributed by atoms with E-state index >= 15 is 0 Å². The van der Waals surface area contributed by atoms with E-state index < -0.39 is 28.8 Å². The number of aliphatic hydroxyl groups is 3. The van der Waals surface area contributed by atoms with Crippen LogP contribution in [-0.2, 0) is 4.74 Å². The van der Waals surface area contributed by atoms with Crippen molar-refractivity contribution in [1.29, 1.82) is 5.41 Å². The Labute approximate surface area is 95.5 Å². The highest BCUT2D eigenvalue weighted by Gasteiger charge is 2.93. The maximum absolute atomic E-state index is 10.3. The number of ether oxygens (including phenoxy) is 1. The molecule has 1 unspecified atom stereocenters. The monoisotopic (exact) mass is 242 g/mol. The van der Waals surface area contributed by atoms with Gasteiger partial charge in [-0.05, 0) is 5.10 Å². The number of hydrogen-bond donors (Lipinski definition) is 5. The molecule has 0 aromatic heterocycles. The van der Waals surface area contributed by atoms with Crippen LogP contribution in [0.5, 0.6) is 0 Å².